The van der Waals surface area contributed by atoms with Gasteiger partial charge in [-0.1, -0.05) is 23.7 Å². The molecule has 0 N–H and O–H groups in total. The van der Waals surface area contributed by atoms with Gasteiger partial charge in [0.05, 0.1) is 10.8 Å². The van der Waals surface area contributed by atoms with E-state index in [1.165, 1.54) is 6.92 Å². The van der Waals surface area contributed by atoms with Gasteiger partial charge in [0.15, 0.2) is 0 Å². The Morgan fingerprint density at radius 3 is 1.90 bits per heavy atom. The topological polar surface area (TPSA) is 74.8 Å². The van der Waals surface area contributed by atoms with E-state index in [4.69, 9.17) is 11.6 Å². The van der Waals surface area contributed by atoms with Crippen LogP contribution in [0, 0.1) is 0 Å². The number of halogens is 1. The van der Waals surface area contributed by atoms with Crippen LogP contribution in [0.1, 0.15) is 12.5 Å². The molecule has 0 saturated carbocycles. The van der Waals surface area contributed by atoms with Gasteiger partial charge in [0.1, 0.15) is 5.75 Å². The van der Waals surface area contributed by atoms with Crippen LogP contribution in [0.15, 0.2) is 58.3 Å². The van der Waals surface area contributed by atoms with Gasteiger partial charge in [-0.25, -0.2) is 4.21 Å². The van der Waals surface area contributed by atoms with Crippen molar-refractivity contribution in [3.8, 4) is 0 Å². The molecule has 0 aliphatic carbocycles. The molecular weight excluding hydrogens is 444 g/mol. The zero-order chi connectivity index (χ0) is 21.7. The summed E-state index contributed by atoms with van der Waals surface area (Å²) < 4.78 is 25.0. The maximum atomic E-state index is 12.6. The van der Waals surface area contributed by atoms with Gasteiger partial charge < -0.3 is 9.80 Å². The number of carbonyl (C=O) groups excluding carboxylic acids is 2. The predicted octanol–water partition coefficient (Wildman–Crippen LogP) is 2.45. The molecule has 2 aromatic rings. The Morgan fingerprint density at radius 1 is 0.867 bits per heavy atom. The zero-order valence-corrected chi connectivity index (χ0v) is 19.0. The van der Waals surface area contributed by atoms with Gasteiger partial charge >= 0.3 is 0 Å². The van der Waals surface area contributed by atoms with Crippen LogP contribution in [-0.4, -0.2) is 62.0 Å². The minimum absolute atomic E-state index is 0.00566. The molecule has 1 saturated heterocycles. The molecule has 1 aliphatic heterocycles. The summed E-state index contributed by atoms with van der Waals surface area (Å²) in [5, 5.41) is 0.587. The van der Waals surface area contributed by atoms with Crippen molar-refractivity contribution >= 4 is 45.0 Å². The maximum Gasteiger partial charge on any atom is 0.235 e. The second-order valence-electron chi connectivity index (χ2n) is 6.98. The highest BCUT2D eigenvalue weighted by Crippen LogP contribution is 2.19. The van der Waals surface area contributed by atoms with Crippen molar-refractivity contribution < 1.29 is 18.0 Å². The van der Waals surface area contributed by atoms with Gasteiger partial charge in [0.25, 0.3) is 0 Å². The summed E-state index contributed by atoms with van der Waals surface area (Å²) in [5.74, 6) is 0.0639. The van der Waals surface area contributed by atoms with E-state index in [9.17, 15) is 18.0 Å². The van der Waals surface area contributed by atoms with E-state index in [0.717, 1.165) is 5.56 Å². The van der Waals surface area contributed by atoms with Crippen molar-refractivity contribution in [2.75, 3.05) is 31.9 Å². The lowest BCUT2D eigenvalue weighted by Crippen LogP contribution is -2.51. The minimum atomic E-state index is -1.34. The molecule has 160 valence electrons. The molecular formula is C21H23ClN2O4S2. The van der Waals surface area contributed by atoms with Gasteiger partial charge in [-0.15, -0.1) is 0 Å². The van der Waals surface area contributed by atoms with E-state index in [0.29, 0.717) is 41.0 Å². The molecule has 2 atom stereocenters. The van der Waals surface area contributed by atoms with Crippen molar-refractivity contribution in [3.63, 3.8) is 0 Å². The van der Waals surface area contributed by atoms with Crippen LogP contribution >= 0.6 is 11.6 Å². The molecule has 2 unspecified atom stereocenters. The third kappa shape index (κ3) is 6.00. The fourth-order valence-electron chi connectivity index (χ4n) is 3.14. The van der Waals surface area contributed by atoms with Gasteiger partial charge in [0, 0.05) is 64.5 Å². The molecule has 2 aromatic carbocycles. The summed E-state index contributed by atoms with van der Waals surface area (Å²) in [4.78, 5) is 28.4. The second-order valence-corrected chi connectivity index (χ2v) is 10.4. The molecule has 0 bridgehead atoms. The fourth-order valence-corrected chi connectivity index (χ4v) is 5.43. The lowest BCUT2D eigenvalue weighted by atomic mass is 10.2. The molecule has 1 aliphatic rings. The Hall–Kier alpha value is -2.03. The molecule has 1 fully saturated rings. The standard InChI is InChI=1S/C21H23ClN2O4S2/c1-16(25)23-10-12-24(13-11-23)21(26)15-29(27)14-17-2-6-19(7-3-17)30(28)20-8-4-18(22)5-9-20/h2-9H,10-15H2,1H3. The molecule has 3 rings (SSSR count). The van der Waals surface area contributed by atoms with Gasteiger partial charge in [-0.05, 0) is 42.0 Å². The van der Waals surface area contributed by atoms with E-state index in [1.807, 2.05) is 0 Å². The monoisotopic (exact) mass is 466 g/mol. The number of hydrogen-bond acceptors (Lipinski definition) is 4. The van der Waals surface area contributed by atoms with Crippen LogP contribution in [0.2, 0.25) is 5.02 Å². The van der Waals surface area contributed by atoms with E-state index in [1.54, 1.807) is 58.3 Å². The van der Waals surface area contributed by atoms with E-state index >= 15 is 0 Å². The Morgan fingerprint density at radius 2 is 1.37 bits per heavy atom. The van der Waals surface area contributed by atoms with Crippen molar-refractivity contribution in [3.05, 3.63) is 59.1 Å². The van der Waals surface area contributed by atoms with Crippen LogP contribution in [0.4, 0.5) is 0 Å². The van der Waals surface area contributed by atoms with Crippen molar-refractivity contribution in [1.82, 2.24) is 9.80 Å². The first-order valence-corrected chi connectivity index (χ1v) is 12.5. The molecule has 0 spiro atoms. The van der Waals surface area contributed by atoms with Gasteiger partial charge in [-0.2, -0.15) is 0 Å². The third-order valence-electron chi connectivity index (χ3n) is 4.85. The molecule has 0 aromatic heterocycles. The van der Waals surface area contributed by atoms with Crippen molar-refractivity contribution in [1.29, 1.82) is 0 Å². The SMILES string of the molecule is CC(=O)N1CCN(C(=O)CS(=O)Cc2ccc(S(=O)c3ccc(Cl)cc3)cc2)CC1. The van der Waals surface area contributed by atoms with Crippen LogP contribution in [0.3, 0.4) is 0 Å². The van der Waals surface area contributed by atoms with E-state index in [2.05, 4.69) is 0 Å². The molecule has 6 nitrogen and oxygen atoms in total. The first-order valence-electron chi connectivity index (χ1n) is 9.48. The highest BCUT2D eigenvalue weighted by atomic mass is 35.5. The largest absolute Gasteiger partial charge is 0.339 e. The van der Waals surface area contributed by atoms with E-state index < -0.39 is 21.6 Å². The summed E-state index contributed by atoms with van der Waals surface area (Å²) in [5.41, 5.74) is 0.819. The normalized spacial score (nSPS) is 16.2. The van der Waals surface area contributed by atoms with Crippen LogP contribution < -0.4 is 0 Å². The Bertz CT molecular complexity index is 956. The quantitative estimate of drug-likeness (QED) is 0.655. The Kier molecular flexibility index (Phi) is 7.80. The third-order valence-corrected chi connectivity index (χ3v) is 7.73. The number of benzene rings is 2. The van der Waals surface area contributed by atoms with Gasteiger partial charge in [-0.3, -0.25) is 13.8 Å². The number of hydrogen-bond donors (Lipinski definition) is 0. The second kappa shape index (κ2) is 10.3. The minimum Gasteiger partial charge on any atom is -0.339 e. The Labute approximate surface area is 186 Å². The summed E-state index contributed by atoms with van der Waals surface area (Å²) in [6.07, 6.45) is 0. The molecule has 2 amide bonds. The van der Waals surface area contributed by atoms with Crippen LogP contribution in [-0.2, 0) is 36.9 Å². The smallest absolute Gasteiger partial charge is 0.235 e. The Balaban J connectivity index is 1.52. The molecule has 0 radical (unpaired) electrons. The first kappa shape index (κ1) is 22.7. The summed E-state index contributed by atoms with van der Waals surface area (Å²) >= 11 is 5.87. The summed E-state index contributed by atoms with van der Waals surface area (Å²) in [7, 11) is -2.66. The number of amides is 2. The highest BCUT2D eigenvalue weighted by molar-refractivity contribution is 7.85. The van der Waals surface area contributed by atoms with E-state index in [-0.39, 0.29) is 23.3 Å². The average Bonchev–Trinajstić information content (AvgIpc) is 2.74. The van der Waals surface area contributed by atoms with Gasteiger partial charge in [0.2, 0.25) is 11.8 Å². The number of rotatable bonds is 6. The lowest BCUT2D eigenvalue weighted by molar-refractivity contribution is -0.136. The summed E-state index contributed by atoms with van der Waals surface area (Å²) in [6, 6.07) is 13.9. The summed E-state index contributed by atoms with van der Waals surface area (Å²) in [6.45, 7) is 3.49. The zero-order valence-electron chi connectivity index (χ0n) is 16.6. The first-order chi connectivity index (χ1) is 14.3. The van der Waals surface area contributed by atoms with Crippen LogP contribution in [0.5, 0.6) is 0 Å². The predicted molar refractivity (Wildman–Crippen MR) is 118 cm³/mol. The molecule has 1 heterocycles. The molecule has 9 heteroatoms. The fraction of sp³-hybridized carbons (Fsp3) is 0.333. The lowest BCUT2D eigenvalue weighted by Gasteiger charge is -2.34. The van der Waals surface area contributed by atoms with Crippen molar-refractivity contribution in [2.24, 2.45) is 0 Å². The number of carbonyl (C=O) groups is 2. The number of nitrogens with zero attached hydrogens (tertiary/aromatic N) is 2. The van der Waals surface area contributed by atoms with Crippen LogP contribution in [0.25, 0.3) is 0 Å². The maximum absolute atomic E-state index is 12.6. The average molecular weight is 467 g/mol. The number of piperazine rings is 1. The van der Waals surface area contributed by atoms with Crippen molar-refractivity contribution in [2.45, 2.75) is 22.5 Å². The highest BCUT2D eigenvalue weighted by Gasteiger charge is 2.23. The molecule has 30 heavy (non-hydrogen) atoms.